The molecule has 1 aliphatic rings. The first-order chi connectivity index (χ1) is 17.3. The zero-order valence-corrected chi connectivity index (χ0v) is 22.4. The minimum atomic E-state index is 0.0169. The molecule has 0 spiro atoms. The molecule has 3 aromatic rings. The van der Waals surface area contributed by atoms with Gasteiger partial charge in [-0.25, -0.2) is 0 Å². The van der Waals surface area contributed by atoms with Crippen LogP contribution in [0.3, 0.4) is 0 Å². The molecule has 192 valence electrons. The SMILES string of the molecule is CCc1c(C(=O)N2CCN(C)CCCN(C(=O)CC(C)C)c3ccccc3C2)[nH]c2ccc(C)cc12. The van der Waals surface area contributed by atoms with Crippen LogP contribution in [-0.2, 0) is 17.8 Å². The highest BCUT2D eigenvalue weighted by Gasteiger charge is 2.26. The number of amides is 2. The van der Waals surface area contributed by atoms with E-state index in [2.05, 4.69) is 68.9 Å². The zero-order chi connectivity index (χ0) is 25.8. The number of hydrogen-bond donors (Lipinski definition) is 1. The predicted octanol–water partition coefficient (Wildman–Crippen LogP) is 5.40. The topological polar surface area (TPSA) is 59.7 Å². The number of fused-ring (bicyclic) bond motifs is 2. The zero-order valence-electron chi connectivity index (χ0n) is 22.4. The van der Waals surface area contributed by atoms with Crippen LogP contribution in [0, 0.1) is 12.8 Å². The quantitative estimate of drug-likeness (QED) is 0.535. The molecule has 1 aliphatic heterocycles. The molecule has 2 aromatic carbocycles. The van der Waals surface area contributed by atoms with Crippen molar-refractivity contribution < 1.29 is 9.59 Å². The minimum Gasteiger partial charge on any atom is -0.350 e. The van der Waals surface area contributed by atoms with Crippen molar-refractivity contribution in [2.45, 2.75) is 53.5 Å². The molecule has 2 amide bonds. The Balaban J connectivity index is 1.74. The molecule has 0 unspecified atom stereocenters. The largest absolute Gasteiger partial charge is 0.350 e. The standard InChI is InChI=1S/C30H40N4O2/c1-6-24-25-19-22(4)12-13-26(25)31-29(24)30(36)33-17-16-32(5)14-9-15-34(28(35)18-21(2)3)27-11-8-7-10-23(27)20-33/h7-8,10-13,19,21,31H,6,9,14-18,20H2,1-5H3. The minimum absolute atomic E-state index is 0.0169. The number of anilines is 1. The molecule has 6 heteroatoms. The molecular weight excluding hydrogens is 448 g/mol. The van der Waals surface area contributed by atoms with Gasteiger partial charge in [0.1, 0.15) is 5.69 Å². The first kappa shape index (κ1) is 26.0. The summed E-state index contributed by atoms with van der Waals surface area (Å²) in [5.41, 5.74) is 5.88. The summed E-state index contributed by atoms with van der Waals surface area (Å²) < 4.78 is 0. The molecule has 0 aliphatic carbocycles. The second kappa shape index (κ2) is 11.3. The number of benzene rings is 2. The molecule has 1 N–H and O–H groups in total. The van der Waals surface area contributed by atoms with Gasteiger partial charge in [0.15, 0.2) is 0 Å². The third-order valence-corrected chi connectivity index (χ3v) is 7.12. The van der Waals surface area contributed by atoms with Gasteiger partial charge in [0.2, 0.25) is 5.91 Å². The van der Waals surface area contributed by atoms with Crippen LogP contribution < -0.4 is 4.90 Å². The molecule has 0 saturated carbocycles. The van der Waals surface area contributed by atoms with E-state index in [0.717, 1.165) is 53.6 Å². The highest BCUT2D eigenvalue weighted by molar-refractivity contribution is 6.01. The molecule has 0 radical (unpaired) electrons. The Morgan fingerprint density at radius 3 is 2.56 bits per heavy atom. The molecule has 0 saturated heterocycles. The summed E-state index contributed by atoms with van der Waals surface area (Å²) in [6.07, 6.45) is 2.19. The molecule has 0 bridgehead atoms. The maximum absolute atomic E-state index is 14.1. The van der Waals surface area contributed by atoms with E-state index in [0.29, 0.717) is 37.7 Å². The van der Waals surface area contributed by atoms with Crippen molar-refractivity contribution in [3.63, 3.8) is 0 Å². The molecule has 0 atom stereocenters. The van der Waals surface area contributed by atoms with Gasteiger partial charge in [0.05, 0.1) is 0 Å². The monoisotopic (exact) mass is 488 g/mol. The lowest BCUT2D eigenvalue weighted by atomic mass is 10.0. The number of nitrogens with zero attached hydrogens (tertiary/aromatic N) is 3. The lowest BCUT2D eigenvalue weighted by molar-refractivity contribution is -0.119. The number of rotatable bonds is 4. The summed E-state index contributed by atoms with van der Waals surface area (Å²) in [5.74, 6) is 0.460. The third-order valence-electron chi connectivity index (χ3n) is 7.12. The molecule has 4 rings (SSSR count). The van der Waals surface area contributed by atoms with Gasteiger partial charge in [0.25, 0.3) is 5.91 Å². The van der Waals surface area contributed by atoms with Crippen molar-refractivity contribution in [3.8, 4) is 0 Å². The lowest BCUT2D eigenvalue weighted by Gasteiger charge is -2.28. The number of aryl methyl sites for hydroxylation is 2. The van der Waals surface area contributed by atoms with Crippen molar-refractivity contribution in [1.29, 1.82) is 0 Å². The number of likely N-dealkylation sites (N-methyl/N-ethyl adjacent to an activating group) is 1. The summed E-state index contributed by atoms with van der Waals surface area (Å²) >= 11 is 0. The maximum Gasteiger partial charge on any atom is 0.270 e. The van der Waals surface area contributed by atoms with Gasteiger partial charge in [0, 0.05) is 49.2 Å². The average molecular weight is 489 g/mol. The summed E-state index contributed by atoms with van der Waals surface area (Å²) in [6, 6.07) is 14.4. The Morgan fingerprint density at radius 2 is 1.81 bits per heavy atom. The fourth-order valence-electron chi connectivity index (χ4n) is 5.18. The number of aromatic amines is 1. The van der Waals surface area contributed by atoms with Gasteiger partial charge in [-0.15, -0.1) is 0 Å². The van der Waals surface area contributed by atoms with E-state index in [-0.39, 0.29) is 11.8 Å². The molecule has 6 nitrogen and oxygen atoms in total. The van der Waals surface area contributed by atoms with Crippen LogP contribution in [0.4, 0.5) is 5.69 Å². The summed E-state index contributed by atoms with van der Waals surface area (Å²) in [4.78, 5) is 36.9. The van der Waals surface area contributed by atoms with Crippen LogP contribution >= 0.6 is 0 Å². The number of nitrogens with one attached hydrogen (secondary N) is 1. The number of para-hydroxylation sites is 1. The molecule has 0 fully saturated rings. The first-order valence-electron chi connectivity index (χ1n) is 13.3. The van der Waals surface area contributed by atoms with Crippen LogP contribution in [0.2, 0.25) is 0 Å². The van der Waals surface area contributed by atoms with E-state index in [1.54, 1.807) is 0 Å². The van der Waals surface area contributed by atoms with E-state index in [1.807, 2.05) is 28.0 Å². The van der Waals surface area contributed by atoms with Gasteiger partial charge >= 0.3 is 0 Å². The van der Waals surface area contributed by atoms with E-state index in [4.69, 9.17) is 0 Å². The van der Waals surface area contributed by atoms with Crippen molar-refractivity contribution in [3.05, 3.63) is 64.8 Å². The Labute approximate surface area is 215 Å². The molecule has 1 aromatic heterocycles. The second-order valence-corrected chi connectivity index (χ2v) is 10.5. The van der Waals surface area contributed by atoms with Crippen LogP contribution in [0.25, 0.3) is 10.9 Å². The fourth-order valence-corrected chi connectivity index (χ4v) is 5.18. The van der Waals surface area contributed by atoms with Crippen molar-refractivity contribution >= 4 is 28.4 Å². The van der Waals surface area contributed by atoms with E-state index >= 15 is 0 Å². The Hall–Kier alpha value is -3.12. The van der Waals surface area contributed by atoms with Crippen LogP contribution in [0.1, 0.15) is 60.8 Å². The van der Waals surface area contributed by atoms with Gasteiger partial charge in [-0.05, 0) is 68.6 Å². The van der Waals surface area contributed by atoms with Crippen molar-refractivity contribution in [1.82, 2.24) is 14.8 Å². The smallest absolute Gasteiger partial charge is 0.270 e. The first-order valence-corrected chi connectivity index (χ1v) is 13.3. The normalized spacial score (nSPS) is 15.7. The predicted molar refractivity (Wildman–Crippen MR) is 148 cm³/mol. The summed E-state index contributed by atoms with van der Waals surface area (Å²) in [7, 11) is 2.09. The molecule has 36 heavy (non-hydrogen) atoms. The fraction of sp³-hybridized carbons (Fsp3) is 0.467. The lowest BCUT2D eigenvalue weighted by Crippen LogP contribution is -2.38. The van der Waals surface area contributed by atoms with E-state index in [9.17, 15) is 9.59 Å². The number of aromatic nitrogens is 1. The molecular formula is C30H40N4O2. The van der Waals surface area contributed by atoms with Gasteiger partial charge in [-0.2, -0.15) is 0 Å². The highest BCUT2D eigenvalue weighted by atomic mass is 16.2. The highest BCUT2D eigenvalue weighted by Crippen LogP contribution is 2.28. The van der Waals surface area contributed by atoms with E-state index < -0.39 is 0 Å². The van der Waals surface area contributed by atoms with Gasteiger partial charge in [-0.3, -0.25) is 9.59 Å². The molecule has 2 heterocycles. The second-order valence-electron chi connectivity index (χ2n) is 10.5. The third kappa shape index (κ3) is 5.65. The summed E-state index contributed by atoms with van der Waals surface area (Å²) in [5, 5.41) is 1.13. The van der Waals surface area contributed by atoms with Crippen LogP contribution in [0.15, 0.2) is 42.5 Å². The van der Waals surface area contributed by atoms with Crippen molar-refractivity contribution in [2.24, 2.45) is 5.92 Å². The van der Waals surface area contributed by atoms with Crippen LogP contribution in [0.5, 0.6) is 0 Å². The Morgan fingerprint density at radius 1 is 1.03 bits per heavy atom. The summed E-state index contributed by atoms with van der Waals surface area (Å²) in [6.45, 7) is 11.8. The number of H-pyrrole nitrogens is 1. The number of carbonyl (C=O) groups excluding carboxylic acids is 2. The average Bonchev–Trinajstić information content (AvgIpc) is 3.20. The number of carbonyl (C=O) groups is 2. The Kier molecular flexibility index (Phi) is 8.14. The van der Waals surface area contributed by atoms with Gasteiger partial charge < -0.3 is 19.7 Å². The maximum atomic E-state index is 14.1. The van der Waals surface area contributed by atoms with Crippen molar-refractivity contribution in [2.75, 3.05) is 38.1 Å². The van der Waals surface area contributed by atoms with E-state index in [1.165, 1.54) is 5.56 Å². The number of hydrogen-bond acceptors (Lipinski definition) is 3. The van der Waals surface area contributed by atoms with Gasteiger partial charge in [-0.1, -0.05) is 50.6 Å². The Bertz CT molecular complexity index is 1230. The van der Waals surface area contributed by atoms with Crippen LogP contribution in [-0.4, -0.2) is 59.8 Å².